The molecule has 1 aliphatic heterocycles. The summed E-state index contributed by atoms with van der Waals surface area (Å²) < 4.78 is 19.9. The van der Waals surface area contributed by atoms with Crippen molar-refractivity contribution in [2.24, 2.45) is 4.99 Å². The number of aromatic nitrogens is 3. The van der Waals surface area contributed by atoms with Crippen molar-refractivity contribution in [3.05, 3.63) is 71.8 Å². The molecule has 1 N–H and O–H groups in total. The van der Waals surface area contributed by atoms with Gasteiger partial charge in [-0.2, -0.15) is 0 Å². The molecule has 2 amide bonds. The van der Waals surface area contributed by atoms with Crippen LogP contribution in [-0.2, 0) is 11.3 Å². The number of aliphatic imine (C=N–C) groups is 1. The maximum Gasteiger partial charge on any atom is 0.299 e. The summed E-state index contributed by atoms with van der Waals surface area (Å²) in [6, 6.07) is 12.8. The highest BCUT2D eigenvalue weighted by Gasteiger charge is 2.22. The van der Waals surface area contributed by atoms with Crippen LogP contribution in [0.4, 0.5) is 10.1 Å². The fourth-order valence-electron chi connectivity index (χ4n) is 2.62. The summed E-state index contributed by atoms with van der Waals surface area (Å²) in [6.45, 7) is 0.175. The van der Waals surface area contributed by atoms with Crippen molar-refractivity contribution in [1.29, 1.82) is 0 Å². The zero-order valence-corrected chi connectivity index (χ0v) is 14.5. The summed E-state index contributed by atoms with van der Waals surface area (Å²) >= 11 is 0. The molecule has 0 fully saturated rings. The van der Waals surface area contributed by atoms with Gasteiger partial charge in [0.15, 0.2) is 5.69 Å². The summed E-state index contributed by atoms with van der Waals surface area (Å²) in [5.74, 6) is -1.05. The Kier molecular flexibility index (Phi) is 4.63. The number of hydrogen-bond donors (Lipinski definition) is 1. The van der Waals surface area contributed by atoms with Gasteiger partial charge in [-0.05, 0) is 29.8 Å². The summed E-state index contributed by atoms with van der Waals surface area (Å²) in [5, 5.41) is 10.3. The lowest BCUT2D eigenvalue weighted by molar-refractivity contribution is -0.110. The van der Waals surface area contributed by atoms with E-state index in [1.165, 1.54) is 23.0 Å². The Bertz CT molecular complexity index is 1080. The second-order valence-corrected chi connectivity index (χ2v) is 6.03. The number of ether oxygens (including phenoxy) is 1. The molecule has 3 aromatic rings. The predicted molar refractivity (Wildman–Crippen MR) is 97.9 cm³/mol. The highest BCUT2D eigenvalue weighted by Crippen LogP contribution is 2.25. The Morgan fingerprint density at radius 2 is 2.00 bits per heavy atom. The van der Waals surface area contributed by atoms with Gasteiger partial charge in [-0.3, -0.25) is 9.59 Å². The molecule has 1 aliphatic rings. The highest BCUT2D eigenvalue weighted by molar-refractivity contribution is 6.45. The van der Waals surface area contributed by atoms with Crippen LogP contribution in [0.5, 0.6) is 5.75 Å². The van der Waals surface area contributed by atoms with E-state index >= 15 is 0 Å². The third kappa shape index (κ3) is 3.78. The van der Waals surface area contributed by atoms with E-state index < -0.39 is 11.8 Å². The van der Waals surface area contributed by atoms with Crippen LogP contribution in [-0.4, -0.2) is 39.1 Å². The Labute approximate surface area is 158 Å². The van der Waals surface area contributed by atoms with Crippen molar-refractivity contribution < 1.29 is 18.7 Å². The van der Waals surface area contributed by atoms with E-state index in [2.05, 4.69) is 20.6 Å². The normalized spacial score (nSPS) is 14.8. The number of benzene rings is 2. The van der Waals surface area contributed by atoms with Gasteiger partial charge in [0.2, 0.25) is 0 Å². The molecule has 8 nitrogen and oxygen atoms in total. The molecule has 28 heavy (non-hydrogen) atoms. The van der Waals surface area contributed by atoms with Crippen LogP contribution in [0.25, 0.3) is 0 Å². The standard InChI is InChI=1S/C19H14FN5O3/c20-13-7-5-12(6-8-13)9-25-10-15(23-24-25)18(26)22-16-11-28-17-4-2-1-3-14(17)21-19(16)27/h1-8,10H,9,11H2,(H,21,27). The molecule has 0 bridgehead atoms. The van der Waals surface area contributed by atoms with Crippen molar-refractivity contribution in [1.82, 2.24) is 15.0 Å². The third-order valence-electron chi connectivity index (χ3n) is 4.01. The first-order chi connectivity index (χ1) is 13.6. The fraction of sp³-hybridized carbons (Fsp3) is 0.105. The molecule has 4 rings (SSSR count). The zero-order chi connectivity index (χ0) is 19.5. The molecule has 9 heteroatoms. The number of carbonyl (C=O) groups is 2. The lowest BCUT2D eigenvalue weighted by atomic mass is 10.2. The molecule has 1 aromatic heterocycles. The number of carbonyl (C=O) groups excluding carboxylic acids is 2. The monoisotopic (exact) mass is 379 g/mol. The number of hydrogen-bond acceptors (Lipinski definition) is 5. The van der Waals surface area contributed by atoms with Crippen molar-refractivity contribution in [3.8, 4) is 5.75 Å². The Morgan fingerprint density at radius 3 is 2.82 bits per heavy atom. The molecule has 0 unspecified atom stereocenters. The molecule has 2 aromatic carbocycles. The quantitative estimate of drug-likeness (QED) is 0.751. The molecule has 2 heterocycles. The maximum absolute atomic E-state index is 13.0. The number of nitrogens with zero attached hydrogens (tertiary/aromatic N) is 4. The second-order valence-electron chi connectivity index (χ2n) is 6.03. The van der Waals surface area contributed by atoms with Gasteiger partial charge in [0.25, 0.3) is 11.8 Å². The summed E-state index contributed by atoms with van der Waals surface area (Å²) in [7, 11) is 0. The topological polar surface area (TPSA) is 98.5 Å². The molecule has 0 saturated carbocycles. The van der Waals surface area contributed by atoms with Crippen molar-refractivity contribution in [2.75, 3.05) is 11.9 Å². The van der Waals surface area contributed by atoms with E-state index in [1.54, 1.807) is 36.4 Å². The van der Waals surface area contributed by atoms with Gasteiger partial charge in [0.05, 0.1) is 18.4 Å². The SMILES string of the molecule is O=C1Nc2ccccc2OCC1=NC(=O)c1cn(Cc2ccc(F)cc2)nn1. The Balaban J connectivity index is 1.48. The average molecular weight is 379 g/mol. The van der Waals surface area contributed by atoms with Gasteiger partial charge in [-0.25, -0.2) is 14.1 Å². The number of amides is 2. The van der Waals surface area contributed by atoms with Gasteiger partial charge in [0.1, 0.15) is 23.9 Å². The summed E-state index contributed by atoms with van der Waals surface area (Å²) in [5.41, 5.74) is 1.24. The summed E-state index contributed by atoms with van der Waals surface area (Å²) in [4.78, 5) is 28.5. The van der Waals surface area contributed by atoms with Gasteiger partial charge in [-0.1, -0.05) is 29.5 Å². The lowest BCUT2D eigenvalue weighted by Crippen LogP contribution is -2.26. The zero-order valence-electron chi connectivity index (χ0n) is 14.5. The first-order valence-electron chi connectivity index (χ1n) is 8.38. The molecule has 0 atom stereocenters. The van der Waals surface area contributed by atoms with E-state index in [0.29, 0.717) is 18.0 Å². The molecular formula is C19H14FN5O3. The molecule has 0 radical (unpaired) electrons. The van der Waals surface area contributed by atoms with E-state index in [-0.39, 0.29) is 23.8 Å². The first-order valence-corrected chi connectivity index (χ1v) is 8.38. The minimum Gasteiger partial charge on any atom is -0.485 e. The van der Waals surface area contributed by atoms with Crippen LogP contribution in [0, 0.1) is 5.82 Å². The van der Waals surface area contributed by atoms with Gasteiger partial charge in [0, 0.05) is 0 Å². The minimum atomic E-state index is -0.704. The molecule has 0 spiro atoms. The number of anilines is 1. The number of para-hydroxylation sites is 2. The molecule has 0 saturated heterocycles. The van der Waals surface area contributed by atoms with E-state index in [4.69, 9.17) is 4.74 Å². The maximum atomic E-state index is 13.0. The second kappa shape index (κ2) is 7.39. The van der Waals surface area contributed by atoms with E-state index in [0.717, 1.165) is 5.56 Å². The fourth-order valence-corrected chi connectivity index (χ4v) is 2.62. The van der Waals surface area contributed by atoms with Crippen LogP contribution < -0.4 is 10.1 Å². The molecule has 0 aliphatic carbocycles. The van der Waals surface area contributed by atoms with Gasteiger partial charge < -0.3 is 10.1 Å². The number of nitrogens with one attached hydrogen (secondary N) is 1. The minimum absolute atomic E-state index is 0.0100. The number of fused-ring (bicyclic) bond motifs is 1. The molecule has 140 valence electrons. The Morgan fingerprint density at radius 1 is 1.21 bits per heavy atom. The van der Waals surface area contributed by atoms with Crippen LogP contribution >= 0.6 is 0 Å². The first kappa shape index (κ1) is 17.5. The van der Waals surface area contributed by atoms with E-state index in [9.17, 15) is 14.0 Å². The largest absolute Gasteiger partial charge is 0.485 e. The van der Waals surface area contributed by atoms with Crippen LogP contribution in [0.3, 0.4) is 0 Å². The van der Waals surface area contributed by atoms with E-state index in [1.807, 2.05) is 0 Å². The lowest BCUT2D eigenvalue weighted by Gasteiger charge is -2.04. The van der Waals surface area contributed by atoms with Crippen LogP contribution in [0.2, 0.25) is 0 Å². The highest BCUT2D eigenvalue weighted by atomic mass is 19.1. The van der Waals surface area contributed by atoms with Crippen LogP contribution in [0.15, 0.2) is 59.7 Å². The molecular weight excluding hydrogens is 365 g/mol. The third-order valence-corrected chi connectivity index (χ3v) is 4.01. The smallest absolute Gasteiger partial charge is 0.299 e. The number of rotatable bonds is 3. The van der Waals surface area contributed by atoms with Crippen LogP contribution in [0.1, 0.15) is 16.1 Å². The Hall–Kier alpha value is -3.88. The average Bonchev–Trinajstić information content (AvgIpc) is 3.10. The summed E-state index contributed by atoms with van der Waals surface area (Å²) in [6.07, 6.45) is 1.42. The number of halogens is 1. The van der Waals surface area contributed by atoms with Crippen molar-refractivity contribution in [3.63, 3.8) is 0 Å². The van der Waals surface area contributed by atoms with Crippen molar-refractivity contribution in [2.45, 2.75) is 6.54 Å². The van der Waals surface area contributed by atoms with Crippen molar-refractivity contribution >= 4 is 23.2 Å². The predicted octanol–water partition coefficient (Wildman–Crippen LogP) is 2.08. The van der Waals surface area contributed by atoms with Gasteiger partial charge >= 0.3 is 0 Å². The van der Waals surface area contributed by atoms with Gasteiger partial charge in [-0.15, -0.1) is 5.10 Å².